The lowest BCUT2D eigenvalue weighted by Crippen LogP contribution is -1.99. The number of allylic oxidation sites excluding steroid dienone is 2. The van der Waals surface area contributed by atoms with Crippen LogP contribution in [0.5, 0.6) is 0 Å². The number of aromatic nitrogens is 1. The fraction of sp³-hybridized carbons (Fsp3) is 0.304. The van der Waals surface area contributed by atoms with Crippen LogP contribution in [0.25, 0.3) is 0 Å². The molecule has 1 aliphatic rings. The Kier molecular flexibility index (Phi) is 7.89. The van der Waals surface area contributed by atoms with Gasteiger partial charge in [-0.05, 0) is 42.9 Å². The Morgan fingerprint density at radius 1 is 0.833 bits per heavy atom. The second-order valence-corrected chi connectivity index (χ2v) is 5.85. The third-order valence-electron chi connectivity index (χ3n) is 3.87. The normalized spacial score (nSPS) is 11.8. The topological polar surface area (TPSA) is 4.93 Å². The molecule has 1 aromatic carbocycles. The van der Waals surface area contributed by atoms with Crippen LogP contribution in [0.3, 0.4) is 0 Å². The van der Waals surface area contributed by atoms with Gasteiger partial charge in [0.25, 0.3) is 0 Å². The number of nitrogens with zero attached hydrogens (tertiary/aromatic N) is 1. The summed E-state index contributed by atoms with van der Waals surface area (Å²) >= 11 is 0. The van der Waals surface area contributed by atoms with E-state index in [1.54, 1.807) is 5.57 Å². The molecular formula is C23H29N. The quantitative estimate of drug-likeness (QED) is 0.567. The van der Waals surface area contributed by atoms with Crippen molar-refractivity contribution in [2.24, 2.45) is 0 Å². The van der Waals surface area contributed by atoms with Crippen LogP contribution in [0, 0.1) is 0 Å². The van der Waals surface area contributed by atoms with E-state index in [1.165, 1.54) is 24.0 Å². The van der Waals surface area contributed by atoms with Gasteiger partial charge in [-0.1, -0.05) is 80.1 Å². The van der Waals surface area contributed by atoms with Crippen molar-refractivity contribution in [1.82, 2.24) is 4.57 Å². The summed E-state index contributed by atoms with van der Waals surface area (Å²) in [5.41, 5.74) is 4.34. The molecule has 126 valence electrons. The molecule has 0 N–H and O–H groups in total. The van der Waals surface area contributed by atoms with Crippen molar-refractivity contribution in [2.75, 3.05) is 0 Å². The lowest BCUT2D eigenvalue weighted by atomic mass is 10.1. The van der Waals surface area contributed by atoms with E-state index in [9.17, 15) is 0 Å². The van der Waals surface area contributed by atoms with E-state index >= 15 is 0 Å². The molecule has 0 amide bonds. The second kappa shape index (κ2) is 10.5. The molecule has 0 saturated heterocycles. The Morgan fingerprint density at radius 2 is 1.46 bits per heavy atom. The predicted octanol–water partition coefficient (Wildman–Crippen LogP) is 6.34. The standard InChI is InChI=1S/C21H23N.C2H6/c1-2-7-16-22(17-20-10-5-3-6-11-20)18-21(9-4-1)13-8-12-19-14-15-19;1-2/h1-7,9-12,16,18H,8,13-15,17H2;1-2H3. The van der Waals surface area contributed by atoms with E-state index in [1.807, 2.05) is 13.8 Å². The Labute approximate surface area is 147 Å². The van der Waals surface area contributed by atoms with Crippen molar-refractivity contribution < 1.29 is 0 Å². The smallest absolute Gasteiger partial charge is 0.0470 e. The predicted molar refractivity (Wildman–Crippen MR) is 105 cm³/mol. The molecule has 1 saturated carbocycles. The van der Waals surface area contributed by atoms with Gasteiger partial charge >= 0.3 is 0 Å². The summed E-state index contributed by atoms with van der Waals surface area (Å²) in [6.45, 7) is 4.91. The lowest BCUT2D eigenvalue weighted by molar-refractivity contribution is 0.783. The van der Waals surface area contributed by atoms with Crippen molar-refractivity contribution in [3.63, 3.8) is 0 Å². The third kappa shape index (κ3) is 6.87. The van der Waals surface area contributed by atoms with Gasteiger partial charge in [0.1, 0.15) is 0 Å². The maximum atomic E-state index is 2.41. The van der Waals surface area contributed by atoms with Crippen LogP contribution < -0.4 is 0 Å². The van der Waals surface area contributed by atoms with Gasteiger partial charge in [-0.15, -0.1) is 0 Å². The highest BCUT2D eigenvalue weighted by atomic mass is 14.9. The maximum absolute atomic E-state index is 2.41. The first-order valence-electron chi connectivity index (χ1n) is 9.10. The van der Waals surface area contributed by atoms with Gasteiger partial charge in [-0.3, -0.25) is 0 Å². The molecule has 0 bridgehead atoms. The molecule has 1 heterocycles. The molecule has 24 heavy (non-hydrogen) atoms. The fourth-order valence-electron chi connectivity index (χ4n) is 2.53. The number of rotatable bonds is 5. The monoisotopic (exact) mass is 319 g/mol. The number of hydrogen-bond donors (Lipinski definition) is 0. The molecule has 1 heteroatoms. The molecule has 0 radical (unpaired) electrons. The third-order valence-corrected chi connectivity index (χ3v) is 3.87. The van der Waals surface area contributed by atoms with Crippen molar-refractivity contribution in [3.05, 3.63) is 95.8 Å². The van der Waals surface area contributed by atoms with Crippen LogP contribution in [0.4, 0.5) is 0 Å². The average Bonchev–Trinajstić information content (AvgIpc) is 3.42. The Hall–Kier alpha value is -2.28. The van der Waals surface area contributed by atoms with Gasteiger partial charge < -0.3 is 4.57 Å². The largest absolute Gasteiger partial charge is 0.350 e. The molecule has 1 nitrogen and oxygen atoms in total. The first-order valence-corrected chi connectivity index (χ1v) is 9.10. The first kappa shape index (κ1) is 18.1. The van der Waals surface area contributed by atoms with Crippen LogP contribution in [0.1, 0.15) is 44.2 Å². The summed E-state index contributed by atoms with van der Waals surface area (Å²) in [6, 6.07) is 21.2. The van der Waals surface area contributed by atoms with E-state index in [0.717, 1.165) is 19.4 Å². The maximum Gasteiger partial charge on any atom is 0.0470 e. The summed E-state index contributed by atoms with van der Waals surface area (Å²) < 4.78 is 2.27. The molecule has 2 aromatic rings. The summed E-state index contributed by atoms with van der Waals surface area (Å²) in [5.74, 6) is 0. The van der Waals surface area contributed by atoms with Crippen LogP contribution >= 0.6 is 0 Å². The van der Waals surface area contributed by atoms with Crippen molar-refractivity contribution in [1.29, 1.82) is 0 Å². The number of hydrogen-bond acceptors (Lipinski definition) is 0. The highest BCUT2D eigenvalue weighted by Crippen LogP contribution is 2.28. The molecule has 0 aliphatic heterocycles. The van der Waals surface area contributed by atoms with E-state index in [0.29, 0.717) is 0 Å². The molecule has 0 spiro atoms. The summed E-state index contributed by atoms with van der Waals surface area (Å²) in [6.07, 6.45) is 11.7. The van der Waals surface area contributed by atoms with E-state index < -0.39 is 0 Å². The zero-order chi connectivity index (χ0) is 17.0. The van der Waals surface area contributed by atoms with Crippen LogP contribution in [-0.4, -0.2) is 4.57 Å². The molecule has 3 rings (SSSR count). The van der Waals surface area contributed by atoms with Crippen molar-refractivity contribution in [3.8, 4) is 0 Å². The molecule has 0 atom stereocenters. The minimum atomic E-state index is 0.906. The van der Waals surface area contributed by atoms with Gasteiger partial charge in [0.2, 0.25) is 0 Å². The SMILES string of the molecule is C(CCc1ccccccn(Cc2ccccc2)c1)=C1CC1.CC. The molecule has 1 aliphatic carbocycles. The summed E-state index contributed by atoms with van der Waals surface area (Å²) in [5, 5.41) is 0. The van der Waals surface area contributed by atoms with Crippen LogP contribution in [-0.2, 0) is 13.0 Å². The van der Waals surface area contributed by atoms with Gasteiger partial charge in [-0.2, -0.15) is 0 Å². The van der Waals surface area contributed by atoms with Gasteiger partial charge in [0.15, 0.2) is 0 Å². The Balaban J connectivity index is 0.00000100. The second-order valence-electron chi connectivity index (χ2n) is 5.85. The zero-order valence-corrected chi connectivity index (χ0v) is 15.0. The van der Waals surface area contributed by atoms with Crippen LogP contribution in [0.2, 0.25) is 0 Å². The molecule has 0 unspecified atom stereocenters. The van der Waals surface area contributed by atoms with Crippen LogP contribution in [0.15, 0.2) is 84.7 Å². The van der Waals surface area contributed by atoms with Crippen molar-refractivity contribution in [2.45, 2.75) is 46.1 Å². The summed E-state index contributed by atoms with van der Waals surface area (Å²) in [4.78, 5) is 0. The van der Waals surface area contributed by atoms with E-state index in [-0.39, 0.29) is 0 Å². The number of aryl methyl sites for hydroxylation is 1. The molecule has 1 aromatic heterocycles. The Bertz CT molecular complexity index is 672. The molecule has 1 fully saturated rings. The highest BCUT2D eigenvalue weighted by molar-refractivity contribution is 5.19. The van der Waals surface area contributed by atoms with Gasteiger partial charge in [-0.25, -0.2) is 0 Å². The Morgan fingerprint density at radius 3 is 2.17 bits per heavy atom. The minimum Gasteiger partial charge on any atom is -0.350 e. The van der Waals surface area contributed by atoms with E-state index in [2.05, 4.69) is 83.7 Å². The summed E-state index contributed by atoms with van der Waals surface area (Å²) in [7, 11) is 0. The van der Waals surface area contributed by atoms with Crippen molar-refractivity contribution >= 4 is 0 Å². The van der Waals surface area contributed by atoms with E-state index in [4.69, 9.17) is 0 Å². The minimum absolute atomic E-state index is 0.906. The first-order chi connectivity index (χ1) is 11.9. The average molecular weight is 319 g/mol. The van der Waals surface area contributed by atoms with Gasteiger partial charge in [0.05, 0.1) is 0 Å². The fourth-order valence-corrected chi connectivity index (χ4v) is 2.53. The molecular weight excluding hydrogens is 290 g/mol. The lowest BCUT2D eigenvalue weighted by Gasteiger charge is -2.06. The zero-order valence-electron chi connectivity index (χ0n) is 15.0. The number of benzene rings is 1. The van der Waals surface area contributed by atoms with Gasteiger partial charge in [0, 0.05) is 18.9 Å². The highest BCUT2D eigenvalue weighted by Gasteiger charge is 2.08.